The Balaban J connectivity index is 0.000000258. The summed E-state index contributed by atoms with van der Waals surface area (Å²) in [5, 5.41) is 28.2. The van der Waals surface area contributed by atoms with E-state index >= 15 is 0 Å². The predicted molar refractivity (Wildman–Crippen MR) is 334 cm³/mol. The van der Waals surface area contributed by atoms with E-state index < -0.39 is 0 Å². The number of ether oxygens (including phenoxy) is 2. The maximum atomic E-state index is 6.10. The number of aryl methyl sites for hydroxylation is 3. The van der Waals surface area contributed by atoms with Gasteiger partial charge in [0.1, 0.15) is 46.9 Å². The molecule has 466 valence electrons. The van der Waals surface area contributed by atoms with Crippen molar-refractivity contribution in [2.24, 2.45) is 0 Å². The molecule has 0 spiro atoms. The van der Waals surface area contributed by atoms with Crippen LogP contribution in [0, 0.1) is 6.92 Å². The van der Waals surface area contributed by atoms with Gasteiger partial charge >= 0.3 is 0 Å². The van der Waals surface area contributed by atoms with E-state index in [2.05, 4.69) is 207 Å². The van der Waals surface area contributed by atoms with Gasteiger partial charge in [0.25, 0.3) is 5.88 Å². The molecule has 0 radical (unpaired) electrons. The average Bonchev–Trinajstić information content (AvgIpc) is 4.39. The summed E-state index contributed by atoms with van der Waals surface area (Å²) in [4.78, 5) is 0. The molecule has 0 aliphatic heterocycles. The molecule has 9 rings (SSSR count). The first-order valence-corrected chi connectivity index (χ1v) is 29.6. The average molecular weight is 1190 g/mol. The third-order valence-electron chi connectivity index (χ3n) is 12.6. The van der Waals surface area contributed by atoms with Crippen LogP contribution < -0.4 is 4.74 Å². The van der Waals surface area contributed by atoms with Crippen molar-refractivity contribution in [1.29, 1.82) is 0 Å². The van der Waals surface area contributed by atoms with E-state index in [9.17, 15) is 0 Å². The molecule has 1 aromatic carbocycles. The fourth-order valence-electron chi connectivity index (χ4n) is 6.79. The molecule has 0 N–H and O–H groups in total. The van der Waals surface area contributed by atoms with Gasteiger partial charge < -0.3 is 41.1 Å². The standard InChI is InChI=1S/C13H14ClNO.C10H15NO.C10H17NO.C9H15NO2.C9H15NO.C8H13NO2.C8H13NO/c1-13(2,3)12-8-11(15-16-12)9-6-4-5-7-10(9)14;1-10(2,3)9-6-8(12-11-9)7-4-5-7;1-5-6-8-7-9(11-12-8)10(2,3)4;1-9(2,3)8-5-7(6-11-4)12-10-8;1-5-7-6-8(11-10-7)9(2,3)4;1-8(2,3)6-5-7(10-4)9-11-6;1-6-5-7(10-9-6)8(2,3)4/h4-8H,1-3H3;6-7H,4-5H2,1-3H3;7H,5-6H2,1-4H3;5H,6H2,1-4H3;6H,5H2,1-4H3;5H,1-4H3;5H,1-4H3. The molecule has 8 aromatic rings. The van der Waals surface area contributed by atoms with E-state index in [1.165, 1.54) is 12.8 Å². The van der Waals surface area contributed by atoms with Gasteiger partial charge in [0.05, 0.1) is 40.6 Å². The highest BCUT2D eigenvalue weighted by atomic mass is 35.5. The van der Waals surface area contributed by atoms with Crippen LogP contribution in [0.15, 0.2) is 98.4 Å². The molecule has 16 nitrogen and oxygen atoms in total. The number of rotatable bonds is 8. The Morgan fingerprint density at radius 3 is 1.30 bits per heavy atom. The molecule has 1 aliphatic carbocycles. The second-order valence-corrected chi connectivity index (χ2v) is 28.7. The first kappa shape index (κ1) is 72.0. The Bertz CT molecular complexity index is 3010. The smallest absolute Gasteiger partial charge is 0.254 e. The summed E-state index contributed by atoms with van der Waals surface area (Å²) in [6.45, 7) is 50.9. The van der Waals surface area contributed by atoms with E-state index in [1.54, 1.807) is 20.3 Å². The van der Waals surface area contributed by atoms with Crippen LogP contribution in [0.1, 0.15) is 253 Å². The third-order valence-corrected chi connectivity index (χ3v) is 12.9. The maximum absolute atomic E-state index is 6.10. The van der Waals surface area contributed by atoms with Crippen molar-refractivity contribution in [2.75, 3.05) is 14.2 Å². The zero-order valence-electron chi connectivity index (χ0n) is 55.9. The number of halogens is 1. The van der Waals surface area contributed by atoms with Crippen LogP contribution >= 0.6 is 11.6 Å². The molecule has 84 heavy (non-hydrogen) atoms. The van der Waals surface area contributed by atoms with E-state index in [0.29, 0.717) is 23.4 Å². The van der Waals surface area contributed by atoms with Crippen LogP contribution in [-0.2, 0) is 62.1 Å². The van der Waals surface area contributed by atoms with Gasteiger partial charge in [-0.25, -0.2) is 0 Å². The highest BCUT2D eigenvalue weighted by Crippen LogP contribution is 2.41. The summed E-state index contributed by atoms with van der Waals surface area (Å²) in [5.74, 6) is 7.70. The van der Waals surface area contributed by atoms with Gasteiger partial charge in [-0.2, -0.15) is 0 Å². The van der Waals surface area contributed by atoms with Crippen molar-refractivity contribution in [3.8, 4) is 17.1 Å². The minimum absolute atomic E-state index is 0.00375. The van der Waals surface area contributed by atoms with Crippen LogP contribution in [-0.4, -0.2) is 50.3 Å². The first-order chi connectivity index (χ1) is 38.7. The fourth-order valence-corrected chi connectivity index (χ4v) is 7.02. The molecule has 17 heteroatoms. The molecule has 0 saturated heterocycles. The lowest BCUT2D eigenvalue weighted by molar-refractivity contribution is 0.155. The quantitative estimate of drug-likeness (QED) is 0.139. The molecule has 0 atom stereocenters. The van der Waals surface area contributed by atoms with Crippen molar-refractivity contribution in [3.63, 3.8) is 0 Å². The lowest BCUT2D eigenvalue weighted by Gasteiger charge is -2.12. The second kappa shape index (κ2) is 30.7. The molecule has 0 amide bonds. The third kappa shape index (κ3) is 24.8. The summed E-state index contributed by atoms with van der Waals surface area (Å²) in [6.07, 6.45) is 5.60. The van der Waals surface area contributed by atoms with Gasteiger partial charge in [-0.1, -0.05) is 220 Å². The van der Waals surface area contributed by atoms with Crippen LogP contribution in [0.25, 0.3) is 11.3 Å². The van der Waals surface area contributed by atoms with Crippen LogP contribution in [0.2, 0.25) is 5.02 Å². The summed E-state index contributed by atoms with van der Waals surface area (Å²) in [6, 6.07) is 21.5. The van der Waals surface area contributed by atoms with Gasteiger partial charge in [-0.05, 0) is 43.8 Å². The lowest BCUT2D eigenvalue weighted by atomic mass is 9.92. The number of hydrogen-bond acceptors (Lipinski definition) is 16. The maximum Gasteiger partial charge on any atom is 0.254 e. The normalized spacial score (nSPS) is 12.8. The van der Waals surface area contributed by atoms with Crippen molar-refractivity contribution in [3.05, 3.63) is 141 Å². The number of benzene rings is 1. The first-order valence-electron chi connectivity index (χ1n) is 29.2. The molecule has 0 bridgehead atoms. The Labute approximate surface area is 507 Å². The molecule has 7 heterocycles. The van der Waals surface area contributed by atoms with Gasteiger partial charge in [0.15, 0.2) is 5.76 Å². The number of methoxy groups -OCH3 is 2. The second-order valence-electron chi connectivity index (χ2n) is 28.3. The Morgan fingerprint density at radius 2 is 0.929 bits per heavy atom. The fraction of sp³-hybridized carbons (Fsp3) is 0.597. The van der Waals surface area contributed by atoms with Crippen molar-refractivity contribution in [2.45, 2.75) is 249 Å². The van der Waals surface area contributed by atoms with Crippen LogP contribution in [0.4, 0.5) is 0 Å². The summed E-state index contributed by atoms with van der Waals surface area (Å²) >= 11 is 6.10. The number of nitrogens with zero attached hydrogens (tertiary/aromatic N) is 7. The Hall–Kier alpha value is -6.26. The van der Waals surface area contributed by atoms with Crippen LogP contribution in [0.5, 0.6) is 5.88 Å². The number of hydrogen-bond donors (Lipinski definition) is 0. The van der Waals surface area contributed by atoms with Gasteiger partial charge in [0.2, 0.25) is 0 Å². The summed E-state index contributed by atoms with van der Waals surface area (Å²) in [5.41, 5.74) is 7.18. The van der Waals surface area contributed by atoms with Crippen molar-refractivity contribution >= 4 is 11.6 Å². The summed E-state index contributed by atoms with van der Waals surface area (Å²) in [7, 11) is 3.21. The summed E-state index contributed by atoms with van der Waals surface area (Å²) < 4.78 is 45.9. The van der Waals surface area contributed by atoms with E-state index in [4.69, 9.17) is 52.7 Å². The van der Waals surface area contributed by atoms with Crippen LogP contribution in [0.3, 0.4) is 0 Å². The van der Waals surface area contributed by atoms with E-state index in [0.717, 1.165) is 99.3 Å². The van der Waals surface area contributed by atoms with Gasteiger partial charge in [0, 0.05) is 105 Å². The molecule has 1 aliphatic rings. The lowest BCUT2D eigenvalue weighted by Crippen LogP contribution is -2.10. The minimum Gasteiger partial charge on any atom is -0.479 e. The monoisotopic (exact) mass is 1180 g/mol. The topological polar surface area (TPSA) is 201 Å². The minimum atomic E-state index is -0.0352. The van der Waals surface area contributed by atoms with Gasteiger partial charge in [-0.3, -0.25) is 0 Å². The Kier molecular flexibility index (Phi) is 26.3. The molecular weight excluding hydrogens is 1080 g/mol. The van der Waals surface area contributed by atoms with Crippen molar-refractivity contribution in [1.82, 2.24) is 36.1 Å². The molecule has 0 unspecified atom stereocenters. The highest BCUT2D eigenvalue weighted by Gasteiger charge is 2.30. The number of aromatic nitrogens is 7. The molecule has 7 aromatic heterocycles. The predicted octanol–water partition coefficient (Wildman–Crippen LogP) is 19.0. The van der Waals surface area contributed by atoms with E-state index in [1.807, 2.05) is 55.5 Å². The van der Waals surface area contributed by atoms with Gasteiger partial charge in [-0.15, -0.1) is 0 Å². The molecule has 1 saturated carbocycles. The zero-order valence-corrected chi connectivity index (χ0v) is 56.6. The Morgan fingerprint density at radius 1 is 0.476 bits per heavy atom. The molecule has 1 fully saturated rings. The van der Waals surface area contributed by atoms with E-state index in [-0.39, 0.29) is 37.9 Å². The highest BCUT2D eigenvalue weighted by molar-refractivity contribution is 6.33. The molecular formula is C67H102ClN7O9. The largest absolute Gasteiger partial charge is 0.479 e. The van der Waals surface area contributed by atoms with Crippen molar-refractivity contribution < 1.29 is 41.1 Å². The SMILES string of the molecule is CC(C)(C)c1cc(-c2ccccc2Cl)no1.CC(C)(C)c1cc(C2CC2)on1.CCCc1cc(C(C)(C)C)no1.CCc1cc(C(C)(C)C)on1.COCc1cc(C(C)(C)C)no1.COc1cc(C(C)(C)C)on1.Cc1cc(C(C)(C)C)on1. The zero-order chi connectivity index (χ0) is 63.6.